The molecule has 0 atom stereocenters. The van der Waals surface area contributed by atoms with E-state index in [0.717, 1.165) is 0 Å². The van der Waals surface area contributed by atoms with Gasteiger partial charge in [0.15, 0.2) is 0 Å². The molecule has 0 heterocycles. The van der Waals surface area contributed by atoms with Crippen LogP contribution in [0.4, 0.5) is 4.39 Å². The van der Waals surface area contributed by atoms with E-state index in [1.54, 1.807) is 24.3 Å². The maximum absolute atomic E-state index is 13.0. The summed E-state index contributed by atoms with van der Waals surface area (Å²) in [6.45, 7) is 0. The summed E-state index contributed by atoms with van der Waals surface area (Å²) in [4.78, 5) is 0. The van der Waals surface area contributed by atoms with Gasteiger partial charge in [-0.25, -0.2) is 4.39 Å². The second kappa shape index (κ2) is 4.21. The number of halogens is 3. The lowest BCUT2D eigenvalue weighted by Crippen LogP contribution is -1.83. The monoisotopic (exact) mass is 239 g/mol. The Labute approximate surface area is 97.3 Å². The molecule has 75 valence electrons. The van der Waals surface area contributed by atoms with Crippen LogP contribution in [0.15, 0.2) is 36.4 Å². The van der Waals surface area contributed by atoms with Gasteiger partial charge in [0.25, 0.3) is 0 Å². The molecule has 0 aliphatic heterocycles. The SMILES string of the molecule is Fc1cccc(-c2c(Cl)c[c]cc2Cl)c1. The minimum atomic E-state index is -0.313. The molecule has 0 saturated carbocycles. The van der Waals surface area contributed by atoms with Crippen LogP contribution in [-0.2, 0) is 0 Å². The van der Waals surface area contributed by atoms with Crippen LogP contribution in [0.25, 0.3) is 11.1 Å². The third-order valence-electron chi connectivity index (χ3n) is 2.01. The molecule has 1 radical (unpaired) electrons. The van der Waals surface area contributed by atoms with Crippen molar-refractivity contribution >= 4 is 23.2 Å². The summed E-state index contributed by atoms with van der Waals surface area (Å²) in [5, 5.41) is 0.932. The van der Waals surface area contributed by atoms with E-state index in [1.165, 1.54) is 12.1 Å². The van der Waals surface area contributed by atoms with Gasteiger partial charge in [-0.15, -0.1) is 0 Å². The van der Waals surface area contributed by atoms with E-state index in [1.807, 2.05) is 0 Å². The van der Waals surface area contributed by atoms with Gasteiger partial charge in [-0.3, -0.25) is 0 Å². The molecule has 15 heavy (non-hydrogen) atoms. The molecule has 0 N–H and O–H groups in total. The van der Waals surface area contributed by atoms with Crippen molar-refractivity contribution in [2.45, 2.75) is 0 Å². The highest BCUT2D eigenvalue weighted by molar-refractivity contribution is 6.39. The molecular weight excluding hydrogens is 234 g/mol. The third kappa shape index (κ3) is 2.14. The Morgan fingerprint density at radius 2 is 1.73 bits per heavy atom. The predicted octanol–water partition coefficient (Wildman–Crippen LogP) is 4.60. The lowest BCUT2D eigenvalue weighted by atomic mass is 10.1. The van der Waals surface area contributed by atoms with E-state index < -0.39 is 0 Å². The average molecular weight is 240 g/mol. The Kier molecular flexibility index (Phi) is 2.94. The van der Waals surface area contributed by atoms with Crippen LogP contribution >= 0.6 is 23.2 Å². The zero-order valence-electron chi connectivity index (χ0n) is 7.60. The van der Waals surface area contributed by atoms with Crippen LogP contribution in [0.1, 0.15) is 0 Å². The van der Waals surface area contributed by atoms with E-state index in [-0.39, 0.29) is 5.82 Å². The average Bonchev–Trinajstić information content (AvgIpc) is 2.17. The first-order valence-electron chi connectivity index (χ1n) is 4.29. The standard InChI is InChI=1S/C12H6Cl2F/c13-10-5-2-6-11(14)12(10)8-3-1-4-9(15)7-8/h1,3-7H. The van der Waals surface area contributed by atoms with Crippen molar-refractivity contribution in [1.29, 1.82) is 0 Å². The van der Waals surface area contributed by atoms with Crippen molar-refractivity contribution in [2.24, 2.45) is 0 Å². The van der Waals surface area contributed by atoms with Crippen molar-refractivity contribution in [3.63, 3.8) is 0 Å². The summed E-state index contributed by atoms with van der Waals surface area (Å²) < 4.78 is 13.0. The fraction of sp³-hybridized carbons (Fsp3) is 0. The van der Waals surface area contributed by atoms with Gasteiger partial charge in [-0.05, 0) is 35.9 Å². The number of hydrogen-bond acceptors (Lipinski definition) is 0. The highest BCUT2D eigenvalue weighted by Gasteiger charge is 2.08. The normalized spacial score (nSPS) is 10.3. The molecule has 0 aromatic heterocycles. The molecule has 2 aromatic rings. The van der Waals surface area contributed by atoms with Crippen molar-refractivity contribution in [1.82, 2.24) is 0 Å². The molecule has 0 saturated heterocycles. The van der Waals surface area contributed by atoms with Crippen molar-refractivity contribution in [3.05, 3.63) is 58.3 Å². The molecule has 3 heteroatoms. The lowest BCUT2D eigenvalue weighted by molar-refractivity contribution is 0.628. The fourth-order valence-corrected chi connectivity index (χ4v) is 1.96. The molecule has 0 bridgehead atoms. The third-order valence-corrected chi connectivity index (χ3v) is 2.61. The van der Waals surface area contributed by atoms with Gasteiger partial charge in [0.1, 0.15) is 5.82 Å². The van der Waals surface area contributed by atoms with Gasteiger partial charge in [0.2, 0.25) is 0 Å². The van der Waals surface area contributed by atoms with Gasteiger partial charge >= 0.3 is 0 Å². The van der Waals surface area contributed by atoms with Gasteiger partial charge in [0.05, 0.1) is 10.0 Å². The van der Waals surface area contributed by atoms with E-state index in [4.69, 9.17) is 23.2 Å². The topological polar surface area (TPSA) is 0 Å². The smallest absolute Gasteiger partial charge is 0.123 e. The Bertz CT molecular complexity index is 474. The molecule has 2 rings (SSSR count). The maximum atomic E-state index is 13.0. The zero-order chi connectivity index (χ0) is 10.8. The zero-order valence-corrected chi connectivity index (χ0v) is 9.11. The van der Waals surface area contributed by atoms with Crippen molar-refractivity contribution in [2.75, 3.05) is 0 Å². The second-order valence-electron chi connectivity index (χ2n) is 3.04. The lowest BCUT2D eigenvalue weighted by Gasteiger charge is -2.06. The van der Waals surface area contributed by atoms with Crippen LogP contribution in [0.2, 0.25) is 10.0 Å². The first-order chi connectivity index (χ1) is 7.18. The number of hydrogen-bond donors (Lipinski definition) is 0. The van der Waals surface area contributed by atoms with Crippen LogP contribution in [-0.4, -0.2) is 0 Å². The first kappa shape index (κ1) is 10.5. The van der Waals surface area contributed by atoms with Gasteiger partial charge < -0.3 is 0 Å². The van der Waals surface area contributed by atoms with Crippen LogP contribution in [0.5, 0.6) is 0 Å². The highest BCUT2D eigenvalue weighted by Crippen LogP contribution is 2.34. The Balaban J connectivity index is 2.63. The van der Waals surface area contributed by atoms with E-state index in [2.05, 4.69) is 6.07 Å². The van der Waals surface area contributed by atoms with Crippen LogP contribution in [0, 0.1) is 11.9 Å². The summed E-state index contributed by atoms with van der Waals surface area (Å²) in [6.07, 6.45) is 0. The van der Waals surface area contributed by atoms with Crippen molar-refractivity contribution < 1.29 is 4.39 Å². The van der Waals surface area contributed by atoms with Gasteiger partial charge in [-0.2, -0.15) is 0 Å². The minimum Gasteiger partial charge on any atom is -0.207 e. The highest BCUT2D eigenvalue weighted by atomic mass is 35.5. The summed E-state index contributed by atoms with van der Waals surface area (Å²) >= 11 is 12.0. The Hall–Kier alpha value is -1.05. The van der Waals surface area contributed by atoms with E-state index in [9.17, 15) is 4.39 Å². The first-order valence-corrected chi connectivity index (χ1v) is 5.05. The van der Waals surface area contributed by atoms with E-state index in [0.29, 0.717) is 21.2 Å². The van der Waals surface area contributed by atoms with Gasteiger partial charge in [0, 0.05) is 5.56 Å². The van der Waals surface area contributed by atoms with Crippen LogP contribution < -0.4 is 0 Å². The summed E-state index contributed by atoms with van der Waals surface area (Å²) in [7, 11) is 0. The number of benzene rings is 2. The molecule has 0 unspecified atom stereocenters. The van der Waals surface area contributed by atoms with E-state index >= 15 is 0 Å². The quantitative estimate of drug-likeness (QED) is 0.683. The fourth-order valence-electron chi connectivity index (χ4n) is 1.37. The Morgan fingerprint density at radius 1 is 1.07 bits per heavy atom. The summed E-state index contributed by atoms with van der Waals surface area (Å²) in [6, 6.07) is 12.2. The summed E-state index contributed by atoms with van der Waals surface area (Å²) in [5.41, 5.74) is 1.30. The Morgan fingerprint density at radius 3 is 2.33 bits per heavy atom. The molecule has 0 aliphatic rings. The molecule has 0 aliphatic carbocycles. The number of rotatable bonds is 1. The van der Waals surface area contributed by atoms with Crippen LogP contribution in [0.3, 0.4) is 0 Å². The molecule has 0 amide bonds. The van der Waals surface area contributed by atoms with Crippen molar-refractivity contribution in [3.8, 4) is 11.1 Å². The molecule has 0 fully saturated rings. The molecule has 0 nitrogen and oxygen atoms in total. The molecule has 2 aromatic carbocycles. The minimum absolute atomic E-state index is 0.313. The maximum Gasteiger partial charge on any atom is 0.123 e. The molecule has 0 spiro atoms. The predicted molar refractivity (Wildman–Crippen MR) is 60.7 cm³/mol. The largest absolute Gasteiger partial charge is 0.207 e. The van der Waals surface area contributed by atoms with Gasteiger partial charge in [-0.1, -0.05) is 35.3 Å². The summed E-state index contributed by atoms with van der Waals surface area (Å²) in [5.74, 6) is -0.313. The second-order valence-corrected chi connectivity index (χ2v) is 3.85. The molecular formula is C12H6Cl2F.